The van der Waals surface area contributed by atoms with Crippen LogP contribution >= 0.6 is 0 Å². The van der Waals surface area contributed by atoms with Crippen LogP contribution in [0.25, 0.3) is 0 Å². The van der Waals surface area contributed by atoms with Crippen molar-refractivity contribution in [2.24, 2.45) is 5.92 Å². The van der Waals surface area contributed by atoms with Gasteiger partial charge in [-0.25, -0.2) is 0 Å². The maximum Gasteiger partial charge on any atom is 0.0932 e. The molecular weight excluding hydrogens is 202 g/mol. The lowest BCUT2D eigenvalue weighted by Gasteiger charge is -2.19. The van der Waals surface area contributed by atoms with E-state index in [0.717, 1.165) is 25.5 Å². The van der Waals surface area contributed by atoms with Gasteiger partial charge in [0.05, 0.1) is 12.7 Å². The fraction of sp³-hybridized carbons (Fsp3) is 1.00. The van der Waals surface area contributed by atoms with Gasteiger partial charge in [0, 0.05) is 26.3 Å². The van der Waals surface area contributed by atoms with Crippen LogP contribution in [0.1, 0.15) is 40.5 Å². The van der Waals surface area contributed by atoms with Crippen LogP contribution in [0.3, 0.4) is 0 Å². The molecule has 0 fully saturated rings. The largest absolute Gasteiger partial charge is 0.382 e. The fourth-order valence-corrected chi connectivity index (χ4v) is 1.46. The van der Waals surface area contributed by atoms with E-state index in [-0.39, 0.29) is 6.10 Å². The molecule has 1 atom stereocenters. The highest BCUT2D eigenvalue weighted by Gasteiger charge is 2.09. The topological polar surface area (TPSA) is 30.5 Å². The number of rotatable bonds is 10. The molecular formula is C13H29NO2. The molecule has 1 unspecified atom stereocenters. The zero-order valence-electron chi connectivity index (χ0n) is 11.6. The monoisotopic (exact) mass is 231 g/mol. The number of nitrogens with one attached hydrogen (secondary N) is 1. The van der Waals surface area contributed by atoms with Crippen LogP contribution in [0, 0.1) is 5.92 Å². The Morgan fingerprint density at radius 1 is 1.12 bits per heavy atom. The highest BCUT2D eigenvalue weighted by atomic mass is 16.5. The van der Waals surface area contributed by atoms with E-state index < -0.39 is 0 Å². The molecule has 0 amide bonds. The zero-order chi connectivity index (χ0) is 12.4. The molecule has 0 radical (unpaired) electrons. The Labute approximate surface area is 101 Å². The lowest BCUT2D eigenvalue weighted by molar-refractivity contribution is -0.00388. The van der Waals surface area contributed by atoms with E-state index >= 15 is 0 Å². The average Bonchev–Trinajstić information content (AvgIpc) is 2.20. The Morgan fingerprint density at radius 2 is 1.81 bits per heavy atom. The van der Waals surface area contributed by atoms with Crippen molar-refractivity contribution >= 4 is 0 Å². The van der Waals surface area contributed by atoms with Gasteiger partial charge in [0.15, 0.2) is 0 Å². The van der Waals surface area contributed by atoms with Crippen LogP contribution < -0.4 is 5.32 Å². The SMILES string of the molecule is COCC(CNC(C)C)OCCCC(C)C. The molecule has 0 rings (SSSR count). The van der Waals surface area contributed by atoms with Gasteiger partial charge in [0.25, 0.3) is 0 Å². The molecule has 0 aromatic carbocycles. The van der Waals surface area contributed by atoms with Gasteiger partial charge in [-0.2, -0.15) is 0 Å². The molecule has 0 saturated heterocycles. The second-order valence-electron chi connectivity index (χ2n) is 5.05. The van der Waals surface area contributed by atoms with Gasteiger partial charge in [-0.3, -0.25) is 0 Å². The molecule has 0 aromatic heterocycles. The van der Waals surface area contributed by atoms with E-state index in [1.165, 1.54) is 6.42 Å². The maximum absolute atomic E-state index is 5.80. The highest BCUT2D eigenvalue weighted by Crippen LogP contribution is 2.04. The summed E-state index contributed by atoms with van der Waals surface area (Å²) in [5.41, 5.74) is 0. The average molecular weight is 231 g/mol. The molecule has 0 aliphatic carbocycles. The Kier molecular flexibility index (Phi) is 9.99. The van der Waals surface area contributed by atoms with Crippen LogP contribution in [0.4, 0.5) is 0 Å². The third kappa shape index (κ3) is 10.4. The molecule has 3 nitrogen and oxygen atoms in total. The van der Waals surface area contributed by atoms with Crippen molar-refractivity contribution in [3.8, 4) is 0 Å². The molecule has 0 aliphatic heterocycles. The third-order valence-electron chi connectivity index (χ3n) is 2.39. The first-order valence-electron chi connectivity index (χ1n) is 6.40. The molecule has 0 aliphatic rings. The normalized spacial score (nSPS) is 13.7. The molecule has 0 saturated carbocycles. The zero-order valence-corrected chi connectivity index (χ0v) is 11.6. The van der Waals surface area contributed by atoms with Gasteiger partial charge in [0.1, 0.15) is 0 Å². The summed E-state index contributed by atoms with van der Waals surface area (Å²) in [6.45, 7) is 11.1. The Hall–Kier alpha value is -0.120. The smallest absolute Gasteiger partial charge is 0.0932 e. The highest BCUT2D eigenvalue weighted by molar-refractivity contribution is 4.63. The summed E-state index contributed by atoms with van der Waals surface area (Å²) in [6.07, 6.45) is 2.55. The van der Waals surface area contributed by atoms with Crippen LogP contribution in [-0.2, 0) is 9.47 Å². The van der Waals surface area contributed by atoms with Crippen LogP contribution in [0.15, 0.2) is 0 Å². The Bertz CT molecular complexity index is 149. The summed E-state index contributed by atoms with van der Waals surface area (Å²) in [5.74, 6) is 0.762. The summed E-state index contributed by atoms with van der Waals surface area (Å²) in [4.78, 5) is 0. The van der Waals surface area contributed by atoms with E-state index in [4.69, 9.17) is 9.47 Å². The van der Waals surface area contributed by atoms with E-state index in [1.54, 1.807) is 7.11 Å². The molecule has 0 bridgehead atoms. The van der Waals surface area contributed by atoms with Gasteiger partial charge in [-0.15, -0.1) is 0 Å². The van der Waals surface area contributed by atoms with Crippen molar-refractivity contribution in [1.29, 1.82) is 0 Å². The number of hydrogen-bond acceptors (Lipinski definition) is 3. The van der Waals surface area contributed by atoms with Crippen molar-refractivity contribution in [3.63, 3.8) is 0 Å². The van der Waals surface area contributed by atoms with E-state index in [1.807, 2.05) is 0 Å². The Balaban J connectivity index is 3.59. The third-order valence-corrected chi connectivity index (χ3v) is 2.39. The van der Waals surface area contributed by atoms with Crippen LogP contribution in [-0.4, -0.2) is 39.0 Å². The molecule has 0 spiro atoms. The van der Waals surface area contributed by atoms with E-state index in [9.17, 15) is 0 Å². The predicted octanol–water partition coefficient (Wildman–Crippen LogP) is 2.45. The van der Waals surface area contributed by atoms with Gasteiger partial charge < -0.3 is 14.8 Å². The van der Waals surface area contributed by atoms with Gasteiger partial charge in [-0.05, 0) is 18.8 Å². The summed E-state index contributed by atoms with van der Waals surface area (Å²) < 4.78 is 10.9. The van der Waals surface area contributed by atoms with Crippen molar-refractivity contribution in [3.05, 3.63) is 0 Å². The second kappa shape index (κ2) is 10.1. The maximum atomic E-state index is 5.80. The van der Waals surface area contributed by atoms with Crippen molar-refractivity contribution in [2.45, 2.75) is 52.7 Å². The number of hydrogen-bond donors (Lipinski definition) is 1. The quantitative estimate of drug-likeness (QED) is 0.586. The lowest BCUT2D eigenvalue weighted by atomic mass is 10.1. The van der Waals surface area contributed by atoms with Crippen molar-refractivity contribution in [1.82, 2.24) is 5.32 Å². The molecule has 1 N–H and O–H groups in total. The number of methoxy groups -OCH3 is 1. The van der Waals surface area contributed by atoms with Crippen LogP contribution in [0.5, 0.6) is 0 Å². The first-order chi connectivity index (χ1) is 7.56. The van der Waals surface area contributed by atoms with E-state index in [2.05, 4.69) is 33.0 Å². The first kappa shape index (κ1) is 15.9. The number of ether oxygens (including phenoxy) is 2. The fourth-order valence-electron chi connectivity index (χ4n) is 1.46. The predicted molar refractivity (Wildman–Crippen MR) is 68.8 cm³/mol. The van der Waals surface area contributed by atoms with Gasteiger partial charge >= 0.3 is 0 Å². The summed E-state index contributed by atoms with van der Waals surface area (Å²) >= 11 is 0. The minimum absolute atomic E-state index is 0.180. The molecule has 98 valence electrons. The minimum atomic E-state index is 0.180. The molecule has 16 heavy (non-hydrogen) atoms. The summed E-state index contributed by atoms with van der Waals surface area (Å²) in [6, 6.07) is 0.499. The minimum Gasteiger partial charge on any atom is -0.382 e. The molecule has 0 heterocycles. The van der Waals surface area contributed by atoms with E-state index in [0.29, 0.717) is 12.6 Å². The van der Waals surface area contributed by atoms with Gasteiger partial charge in [-0.1, -0.05) is 27.7 Å². The standard InChI is InChI=1S/C13H29NO2/c1-11(2)7-6-8-16-13(10-15-5)9-14-12(3)4/h11-14H,6-10H2,1-5H3. The second-order valence-corrected chi connectivity index (χ2v) is 5.05. The van der Waals surface area contributed by atoms with Crippen molar-refractivity contribution < 1.29 is 9.47 Å². The van der Waals surface area contributed by atoms with Crippen molar-refractivity contribution in [2.75, 3.05) is 26.9 Å². The summed E-state index contributed by atoms with van der Waals surface area (Å²) in [7, 11) is 1.72. The molecule has 3 heteroatoms. The lowest BCUT2D eigenvalue weighted by Crippen LogP contribution is -2.36. The summed E-state index contributed by atoms with van der Waals surface area (Å²) in [5, 5.41) is 3.38. The van der Waals surface area contributed by atoms with Crippen LogP contribution in [0.2, 0.25) is 0 Å². The Morgan fingerprint density at radius 3 is 2.31 bits per heavy atom. The molecule has 0 aromatic rings. The first-order valence-corrected chi connectivity index (χ1v) is 6.40. The van der Waals surface area contributed by atoms with Gasteiger partial charge in [0.2, 0.25) is 0 Å².